The van der Waals surface area contributed by atoms with E-state index in [1.54, 1.807) is 30.3 Å². The van der Waals surface area contributed by atoms with Gasteiger partial charge in [0, 0.05) is 13.0 Å². The molecule has 13 N–H and O–H groups in total. The van der Waals surface area contributed by atoms with Crippen LogP contribution in [0.15, 0.2) is 35.3 Å². The fourth-order valence-corrected chi connectivity index (χ4v) is 4.63. The Morgan fingerprint density at radius 1 is 0.723 bits per heavy atom. The number of guanidine groups is 1. The van der Waals surface area contributed by atoms with E-state index in [9.17, 15) is 28.8 Å². The molecule has 5 atom stereocenters. The molecule has 47 heavy (non-hydrogen) atoms. The maximum absolute atomic E-state index is 13.6. The molecule has 1 rings (SSSR count). The van der Waals surface area contributed by atoms with Crippen molar-refractivity contribution in [1.29, 1.82) is 0 Å². The highest BCUT2D eigenvalue weighted by Crippen LogP contribution is 2.11. The lowest BCUT2D eigenvalue weighted by atomic mass is 9.98. The number of hydrogen-bond acceptors (Lipinski definition) is 8. The van der Waals surface area contributed by atoms with Crippen LogP contribution in [0.25, 0.3) is 0 Å². The summed E-state index contributed by atoms with van der Waals surface area (Å²) in [6.45, 7) is 7.62. The zero-order chi connectivity index (χ0) is 35.7. The molecule has 0 aliphatic carbocycles. The number of aliphatic carboxylic acids is 1. The van der Waals surface area contributed by atoms with E-state index < -0.39 is 72.1 Å². The lowest BCUT2D eigenvalue weighted by Gasteiger charge is -2.28. The number of amides is 5. The minimum absolute atomic E-state index is 0.0320. The van der Waals surface area contributed by atoms with Crippen LogP contribution in [0.5, 0.6) is 0 Å². The smallest absolute Gasteiger partial charge is 0.305 e. The third-order valence-electron chi connectivity index (χ3n) is 6.93. The molecular formula is C31H51N9O7. The first-order valence-corrected chi connectivity index (χ1v) is 15.6. The van der Waals surface area contributed by atoms with Crippen LogP contribution in [0.1, 0.15) is 65.4 Å². The number of nitrogens with two attached hydrogens (primary N) is 4. The van der Waals surface area contributed by atoms with Crippen LogP contribution >= 0.6 is 0 Å². The van der Waals surface area contributed by atoms with Gasteiger partial charge < -0.3 is 49.3 Å². The molecule has 0 unspecified atom stereocenters. The summed E-state index contributed by atoms with van der Waals surface area (Å²) < 4.78 is 0. The van der Waals surface area contributed by atoms with Crippen molar-refractivity contribution in [3.63, 3.8) is 0 Å². The van der Waals surface area contributed by atoms with Gasteiger partial charge in [0.25, 0.3) is 0 Å². The summed E-state index contributed by atoms with van der Waals surface area (Å²) in [5.74, 6) is -5.09. The molecule has 16 nitrogen and oxygen atoms in total. The molecule has 0 aliphatic rings. The van der Waals surface area contributed by atoms with Gasteiger partial charge in [0.15, 0.2) is 5.96 Å². The molecule has 0 heterocycles. The van der Waals surface area contributed by atoms with Crippen molar-refractivity contribution in [3.8, 4) is 0 Å². The van der Waals surface area contributed by atoms with Crippen molar-refractivity contribution < 1.29 is 33.9 Å². The number of rotatable bonds is 21. The van der Waals surface area contributed by atoms with Crippen LogP contribution in [-0.2, 0) is 35.2 Å². The highest BCUT2D eigenvalue weighted by Gasteiger charge is 2.32. The van der Waals surface area contributed by atoms with E-state index in [4.69, 9.17) is 28.0 Å². The molecule has 0 saturated heterocycles. The summed E-state index contributed by atoms with van der Waals surface area (Å²) in [4.78, 5) is 80.2. The lowest BCUT2D eigenvalue weighted by molar-refractivity contribution is -0.140. The molecule has 0 spiro atoms. The predicted molar refractivity (Wildman–Crippen MR) is 176 cm³/mol. The number of carboxylic acid groups (broad SMARTS) is 1. The summed E-state index contributed by atoms with van der Waals surface area (Å²) in [6, 6.07) is 2.97. The molecule has 0 bridgehead atoms. The number of aliphatic imine (C=N–C) groups is 1. The normalized spacial score (nSPS) is 14.2. The summed E-state index contributed by atoms with van der Waals surface area (Å²) in [5.41, 5.74) is 22.6. The molecule has 0 fully saturated rings. The van der Waals surface area contributed by atoms with Gasteiger partial charge in [0.1, 0.15) is 24.2 Å². The average Bonchev–Trinajstić information content (AvgIpc) is 2.96. The Hall–Kier alpha value is -4.73. The number of primary amides is 1. The molecule has 0 saturated carbocycles. The standard InChI is InChI=1S/C31H51N9O7/c1-17(2)13-22(28(45)37-21(26(33)43)11-8-12-36-31(34)35)39-29(46)23(14-18(3)4)40-30(47)24(15-19-9-6-5-7-10-19)38-27(44)20(32)16-25(41)42/h5-7,9-10,17-18,20-24H,8,11-16,32H2,1-4H3,(H2,33,43)(H,37,45)(H,38,44)(H,39,46)(H,40,47)(H,41,42)(H4,34,35,36)/t20-,21-,22-,23-,24-/m0/s1. The first-order valence-electron chi connectivity index (χ1n) is 15.6. The van der Waals surface area contributed by atoms with E-state index in [0.717, 1.165) is 0 Å². The second kappa shape index (κ2) is 20.4. The Labute approximate surface area is 275 Å². The molecular weight excluding hydrogens is 610 g/mol. The van der Waals surface area contributed by atoms with Crippen molar-refractivity contribution in [2.75, 3.05) is 6.54 Å². The molecule has 0 aliphatic heterocycles. The number of carbonyl (C=O) groups is 6. The third-order valence-corrected chi connectivity index (χ3v) is 6.93. The van der Waals surface area contributed by atoms with Crippen molar-refractivity contribution >= 4 is 41.5 Å². The van der Waals surface area contributed by atoms with Crippen LogP contribution in [0.4, 0.5) is 0 Å². The Morgan fingerprint density at radius 3 is 1.64 bits per heavy atom. The molecule has 262 valence electrons. The first kappa shape index (κ1) is 40.3. The lowest BCUT2D eigenvalue weighted by Crippen LogP contribution is -2.59. The molecule has 1 aromatic rings. The molecule has 1 aromatic carbocycles. The van der Waals surface area contributed by atoms with Gasteiger partial charge in [-0.2, -0.15) is 0 Å². The van der Waals surface area contributed by atoms with Gasteiger partial charge in [-0.05, 0) is 43.1 Å². The number of carbonyl (C=O) groups excluding carboxylic acids is 5. The highest BCUT2D eigenvalue weighted by molar-refractivity contribution is 5.96. The van der Waals surface area contributed by atoms with Gasteiger partial charge in [-0.15, -0.1) is 0 Å². The van der Waals surface area contributed by atoms with Gasteiger partial charge in [-0.1, -0.05) is 58.0 Å². The van der Waals surface area contributed by atoms with E-state index in [0.29, 0.717) is 12.0 Å². The maximum atomic E-state index is 13.6. The van der Waals surface area contributed by atoms with E-state index in [-0.39, 0.29) is 50.0 Å². The Balaban J connectivity index is 3.19. The van der Waals surface area contributed by atoms with Crippen molar-refractivity contribution in [3.05, 3.63) is 35.9 Å². The monoisotopic (exact) mass is 661 g/mol. The van der Waals surface area contributed by atoms with Gasteiger partial charge in [0.05, 0.1) is 12.5 Å². The second-order valence-electron chi connectivity index (χ2n) is 12.2. The van der Waals surface area contributed by atoms with Crippen molar-refractivity contribution in [1.82, 2.24) is 21.3 Å². The molecule has 0 aromatic heterocycles. The topological polar surface area (TPSA) is 287 Å². The SMILES string of the molecule is CC(C)C[C@H](NC(=O)[C@H](CC(C)C)NC(=O)[C@H](Cc1ccccc1)NC(=O)[C@@H](N)CC(=O)O)C(=O)N[C@@H](CCCN=C(N)N)C(N)=O. The van der Waals surface area contributed by atoms with Gasteiger partial charge in [-0.25, -0.2) is 0 Å². The van der Waals surface area contributed by atoms with Crippen molar-refractivity contribution in [2.45, 2.75) is 96.4 Å². The molecule has 16 heteroatoms. The van der Waals surface area contributed by atoms with Crippen LogP contribution in [-0.4, -0.2) is 83.3 Å². The van der Waals surface area contributed by atoms with Gasteiger partial charge in [0.2, 0.25) is 29.5 Å². The minimum Gasteiger partial charge on any atom is -0.481 e. The van der Waals surface area contributed by atoms with E-state index in [1.807, 2.05) is 27.7 Å². The number of carboxylic acids is 1. The van der Waals surface area contributed by atoms with Crippen molar-refractivity contribution in [2.24, 2.45) is 39.8 Å². The van der Waals surface area contributed by atoms with E-state index in [1.165, 1.54) is 0 Å². The van der Waals surface area contributed by atoms with Crippen LogP contribution in [0.3, 0.4) is 0 Å². The Morgan fingerprint density at radius 2 is 1.19 bits per heavy atom. The number of nitrogens with zero attached hydrogens (tertiary/aromatic N) is 1. The Kier molecular flexibility index (Phi) is 17.5. The number of nitrogens with one attached hydrogen (secondary N) is 4. The fraction of sp³-hybridized carbons (Fsp3) is 0.581. The molecule has 5 amide bonds. The first-order chi connectivity index (χ1) is 22.0. The quantitative estimate of drug-likeness (QED) is 0.0422. The summed E-state index contributed by atoms with van der Waals surface area (Å²) >= 11 is 0. The predicted octanol–water partition coefficient (Wildman–Crippen LogP) is -1.40. The zero-order valence-electron chi connectivity index (χ0n) is 27.5. The zero-order valence-corrected chi connectivity index (χ0v) is 27.5. The summed E-state index contributed by atoms with van der Waals surface area (Å²) in [7, 11) is 0. The highest BCUT2D eigenvalue weighted by atomic mass is 16.4. The number of benzene rings is 1. The average molecular weight is 662 g/mol. The number of hydrogen-bond donors (Lipinski definition) is 9. The van der Waals surface area contributed by atoms with Crippen LogP contribution in [0, 0.1) is 11.8 Å². The second-order valence-corrected chi connectivity index (χ2v) is 12.2. The van der Waals surface area contributed by atoms with Gasteiger partial charge in [-0.3, -0.25) is 33.8 Å². The summed E-state index contributed by atoms with van der Waals surface area (Å²) in [5, 5.41) is 19.5. The van der Waals surface area contributed by atoms with E-state index in [2.05, 4.69) is 26.3 Å². The molecule has 0 radical (unpaired) electrons. The largest absolute Gasteiger partial charge is 0.481 e. The van der Waals surface area contributed by atoms with Gasteiger partial charge >= 0.3 is 5.97 Å². The van der Waals surface area contributed by atoms with E-state index >= 15 is 0 Å². The maximum Gasteiger partial charge on any atom is 0.305 e. The Bertz CT molecular complexity index is 1240. The fourth-order valence-electron chi connectivity index (χ4n) is 4.63. The minimum atomic E-state index is -1.40. The third kappa shape index (κ3) is 16.4. The summed E-state index contributed by atoms with van der Waals surface area (Å²) in [6.07, 6.45) is 0.314. The van der Waals surface area contributed by atoms with Crippen LogP contribution < -0.4 is 44.2 Å². The van der Waals surface area contributed by atoms with Crippen LogP contribution in [0.2, 0.25) is 0 Å².